The summed E-state index contributed by atoms with van der Waals surface area (Å²) >= 11 is 0. The molecule has 0 aromatic carbocycles. The van der Waals surface area contributed by atoms with Crippen molar-refractivity contribution >= 4 is 0 Å². The molecule has 2 unspecified atom stereocenters. The van der Waals surface area contributed by atoms with Crippen LogP contribution < -0.4 is 0 Å². The van der Waals surface area contributed by atoms with Crippen LogP contribution in [0.5, 0.6) is 0 Å². The lowest BCUT2D eigenvalue weighted by Gasteiger charge is -2.19. The number of alkyl halides is 1. The Labute approximate surface area is 102 Å². The number of halogens is 1. The Morgan fingerprint density at radius 2 is 1.44 bits per heavy atom. The first kappa shape index (κ1) is 15.9. The third-order valence-corrected chi connectivity index (χ3v) is 3.74. The van der Waals surface area contributed by atoms with Crippen LogP contribution in [-0.2, 0) is 0 Å². The molecule has 16 heavy (non-hydrogen) atoms. The highest BCUT2D eigenvalue weighted by Crippen LogP contribution is 2.25. The zero-order valence-electron chi connectivity index (χ0n) is 11.6. The van der Waals surface area contributed by atoms with Crippen molar-refractivity contribution in [1.82, 2.24) is 0 Å². The summed E-state index contributed by atoms with van der Waals surface area (Å²) in [5.74, 6) is 1.53. The van der Waals surface area contributed by atoms with E-state index in [-0.39, 0.29) is 6.67 Å². The van der Waals surface area contributed by atoms with Crippen molar-refractivity contribution in [3.63, 3.8) is 0 Å². The molecule has 0 rings (SSSR count). The zero-order valence-corrected chi connectivity index (χ0v) is 11.6. The first-order valence-electron chi connectivity index (χ1n) is 7.34. The quantitative estimate of drug-likeness (QED) is 0.423. The van der Waals surface area contributed by atoms with E-state index in [1.54, 1.807) is 0 Å². The molecule has 0 bridgehead atoms. The molecule has 0 nitrogen and oxygen atoms in total. The highest BCUT2D eigenvalue weighted by Gasteiger charge is 2.11. The normalized spacial score (nSPS) is 15.0. The van der Waals surface area contributed by atoms with Crippen LogP contribution in [0, 0.1) is 11.8 Å². The zero-order chi connectivity index (χ0) is 12.2. The Hall–Kier alpha value is -0.0700. The van der Waals surface area contributed by atoms with Crippen LogP contribution >= 0.6 is 0 Å². The van der Waals surface area contributed by atoms with Crippen molar-refractivity contribution in [2.75, 3.05) is 6.67 Å². The van der Waals surface area contributed by atoms with Crippen LogP contribution in [-0.4, -0.2) is 6.67 Å². The predicted molar refractivity (Wildman–Crippen MR) is 71.5 cm³/mol. The molecule has 0 aliphatic carbocycles. The van der Waals surface area contributed by atoms with Crippen LogP contribution in [0.15, 0.2) is 0 Å². The Morgan fingerprint density at radius 1 is 0.750 bits per heavy atom. The molecule has 0 saturated carbocycles. The molecule has 0 spiro atoms. The summed E-state index contributed by atoms with van der Waals surface area (Å²) in [6.07, 6.45) is 11.1. The van der Waals surface area contributed by atoms with Gasteiger partial charge in [-0.05, 0) is 18.3 Å². The van der Waals surface area contributed by atoms with Crippen LogP contribution in [0.1, 0.15) is 78.6 Å². The van der Waals surface area contributed by atoms with E-state index >= 15 is 0 Å². The molecule has 0 N–H and O–H groups in total. The van der Waals surface area contributed by atoms with Gasteiger partial charge in [-0.3, -0.25) is 4.39 Å². The minimum absolute atomic E-state index is 0.129. The van der Waals surface area contributed by atoms with Crippen molar-refractivity contribution in [2.24, 2.45) is 11.8 Å². The molecule has 0 fully saturated rings. The van der Waals surface area contributed by atoms with E-state index < -0.39 is 0 Å². The molecule has 2 atom stereocenters. The van der Waals surface area contributed by atoms with Gasteiger partial charge in [0.2, 0.25) is 0 Å². The summed E-state index contributed by atoms with van der Waals surface area (Å²) in [5.41, 5.74) is 0. The number of hydrogen-bond acceptors (Lipinski definition) is 0. The fourth-order valence-electron chi connectivity index (χ4n) is 2.51. The highest BCUT2D eigenvalue weighted by molar-refractivity contribution is 4.64. The first-order chi connectivity index (χ1) is 7.78. The van der Waals surface area contributed by atoms with Crippen molar-refractivity contribution in [3.8, 4) is 0 Å². The summed E-state index contributed by atoms with van der Waals surface area (Å²) in [5, 5.41) is 0. The van der Waals surface area contributed by atoms with Crippen LogP contribution in [0.4, 0.5) is 4.39 Å². The molecule has 0 aromatic heterocycles. The maximum absolute atomic E-state index is 12.4. The van der Waals surface area contributed by atoms with E-state index in [4.69, 9.17) is 0 Å². The second kappa shape index (κ2) is 11.4. The second-order valence-corrected chi connectivity index (χ2v) is 5.13. The first-order valence-corrected chi connectivity index (χ1v) is 7.34. The number of unbranched alkanes of at least 4 members (excludes halogenated alkanes) is 1. The lowest BCUT2D eigenvalue weighted by molar-refractivity contribution is 0.308. The summed E-state index contributed by atoms with van der Waals surface area (Å²) in [6, 6.07) is 0. The van der Waals surface area contributed by atoms with E-state index in [2.05, 4.69) is 20.8 Å². The molecule has 0 aromatic rings. The second-order valence-electron chi connectivity index (χ2n) is 5.13. The molecule has 0 amide bonds. The summed E-state index contributed by atoms with van der Waals surface area (Å²) in [4.78, 5) is 0. The third kappa shape index (κ3) is 8.13. The molecule has 0 saturated heterocycles. The Kier molecular flexibility index (Phi) is 11.4. The van der Waals surface area contributed by atoms with Crippen LogP contribution in [0.3, 0.4) is 0 Å². The predicted octanol–water partition coefficient (Wildman–Crippen LogP) is 5.76. The lowest BCUT2D eigenvalue weighted by atomic mass is 9.87. The SMILES string of the molecule is CCCCC(CC)CCC(CCC)CCF. The van der Waals surface area contributed by atoms with Gasteiger partial charge in [0, 0.05) is 0 Å². The summed E-state index contributed by atoms with van der Waals surface area (Å²) < 4.78 is 12.4. The van der Waals surface area contributed by atoms with Crippen molar-refractivity contribution in [2.45, 2.75) is 78.6 Å². The number of rotatable bonds is 11. The van der Waals surface area contributed by atoms with Crippen LogP contribution in [0.25, 0.3) is 0 Å². The van der Waals surface area contributed by atoms with Gasteiger partial charge in [0.05, 0.1) is 6.67 Å². The number of hydrogen-bond donors (Lipinski definition) is 0. The maximum atomic E-state index is 12.4. The fourth-order valence-corrected chi connectivity index (χ4v) is 2.51. The van der Waals surface area contributed by atoms with E-state index in [9.17, 15) is 4.39 Å². The molecule has 0 aliphatic heterocycles. The third-order valence-electron chi connectivity index (χ3n) is 3.74. The molecule has 0 aliphatic rings. The molecule has 98 valence electrons. The minimum Gasteiger partial charge on any atom is -0.251 e. The van der Waals surface area contributed by atoms with Gasteiger partial charge in [-0.15, -0.1) is 0 Å². The van der Waals surface area contributed by atoms with Crippen molar-refractivity contribution in [1.29, 1.82) is 0 Å². The van der Waals surface area contributed by atoms with E-state index in [0.717, 1.165) is 12.3 Å². The topological polar surface area (TPSA) is 0 Å². The van der Waals surface area contributed by atoms with E-state index in [1.807, 2.05) is 0 Å². The van der Waals surface area contributed by atoms with Crippen LogP contribution in [0.2, 0.25) is 0 Å². The van der Waals surface area contributed by atoms with Gasteiger partial charge in [0.15, 0.2) is 0 Å². The van der Waals surface area contributed by atoms with E-state index in [1.165, 1.54) is 51.4 Å². The van der Waals surface area contributed by atoms with Crippen molar-refractivity contribution in [3.05, 3.63) is 0 Å². The molecule has 1 heteroatoms. The monoisotopic (exact) mass is 230 g/mol. The lowest BCUT2D eigenvalue weighted by Crippen LogP contribution is -2.06. The van der Waals surface area contributed by atoms with Gasteiger partial charge >= 0.3 is 0 Å². The maximum Gasteiger partial charge on any atom is 0.0897 e. The van der Waals surface area contributed by atoms with E-state index in [0.29, 0.717) is 5.92 Å². The standard InChI is InChI=1S/C15H31F/c1-4-7-9-14(6-3)10-11-15(8-5-2)12-13-16/h14-15H,4-13H2,1-3H3. The van der Waals surface area contributed by atoms with Gasteiger partial charge in [0.1, 0.15) is 0 Å². The molecule has 0 heterocycles. The summed E-state index contributed by atoms with van der Waals surface area (Å²) in [6.45, 7) is 6.63. The Bertz CT molecular complexity index is 127. The molecular weight excluding hydrogens is 199 g/mol. The largest absolute Gasteiger partial charge is 0.251 e. The van der Waals surface area contributed by atoms with Gasteiger partial charge in [0.25, 0.3) is 0 Å². The smallest absolute Gasteiger partial charge is 0.0897 e. The Morgan fingerprint density at radius 3 is 1.94 bits per heavy atom. The molecular formula is C15H31F. The minimum atomic E-state index is -0.129. The molecule has 0 radical (unpaired) electrons. The van der Waals surface area contributed by atoms with Crippen molar-refractivity contribution < 1.29 is 4.39 Å². The van der Waals surface area contributed by atoms with Gasteiger partial charge in [-0.25, -0.2) is 0 Å². The van der Waals surface area contributed by atoms with Gasteiger partial charge < -0.3 is 0 Å². The Balaban J connectivity index is 3.76. The van der Waals surface area contributed by atoms with Gasteiger partial charge in [-0.2, -0.15) is 0 Å². The fraction of sp³-hybridized carbons (Fsp3) is 1.00. The average Bonchev–Trinajstić information content (AvgIpc) is 2.30. The summed E-state index contributed by atoms with van der Waals surface area (Å²) in [7, 11) is 0. The highest BCUT2D eigenvalue weighted by atomic mass is 19.1. The average molecular weight is 230 g/mol. The van der Waals surface area contributed by atoms with Gasteiger partial charge in [-0.1, -0.05) is 72.1 Å².